The van der Waals surface area contributed by atoms with Crippen LogP contribution in [0.15, 0.2) is 24.3 Å². The molecule has 1 amide bonds. The van der Waals surface area contributed by atoms with Crippen LogP contribution in [-0.2, 0) is 20.7 Å². The first-order valence-electron chi connectivity index (χ1n) is 8.41. The zero-order chi connectivity index (χ0) is 16.1. The van der Waals surface area contributed by atoms with Crippen molar-refractivity contribution in [2.45, 2.75) is 19.3 Å². The van der Waals surface area contributed by atoms with E-state index in [4.69, 9.17) is 9.47 Å². The summed E-state index contributed by atoms with van der Waals surface area (Å²) in [5.41, 5.74) is 1.08. The molecule has 2 saturated heterocycles. The number of amides is 1. The predicted molar refractivity (Wildman–Crippen MR) is 84.5 cm³/mol. The molecule has 0 spiro atoms. The van der Waals surface area contributed by atoms with E-state index in [-0.39, 0.29) is 23.6 Å². The largest absolute Gasteiger partial charge is 0.381 e. The Balaban J connectivity index is 1.61. The van der Waals surface area contributed by atoms with E-state index in [1.165, 1.54) is 12.1 Å². The second-order valence-electron chi connectivity index (χ2n) is 6.44. The van der Waals surface area contributed by atoms with Crippen molar-refractivity contribution in [1.82, 2.24) is 4.90 Å². The third-order valence-electron chi connectivity index (χ3n) is 4.66. The Hall–Kier alpha value is -1.46. The van der Waals surface area contributed by atoms with Gasteiger partial charge in [-0.15, -0.1) is 0 Å². The number of rotatable bonds is 3. The van der Waals surface area contributed by atoms with Crippen molar-refractivity contribution in [2.75, 3.05) is 39.5 Å². The highest BCUT2D eigenvalue weighted by molar-refractivity contribution is 5.79. The van der Waals surface area contributed by atoms with Gasteiger partial charge in [-0.25, -0.2) is 4.39 Å². The summed E-state index contributed by atoms with van der Waals surface area (Å²) < 4.78 is 24.0. The number of hydrogen-bond donors (Lipinski definition) is 0. The van der Waals surface area contributed by atoms with Gasteiger partial charge in [-0.3, -0.25) is 4.79 Å². The molecule has 0 aromatic heterocycles. The normalized spacial score (nSPS) is 23.5. The van der Waals surface area contributed by atoms with Crippen molar-refractivity contribution in [2.24, 2.45) is 11.8 Å². The summed E-state index contributed by atoms with van der Waals surface area (Å²) in [6.07, 6.45) is 2.44. The van der Waals surface area contributed by atoms with E-state index < -0.39 is 0 Å². The van der Waals surface area contributed by atoms with Crippen molar-refractivity contribution in [3.63, 3.8) is 0 Å². The number of carbonyl (C=O) groups excluding carboxylic acids is 1. The summed E-state index contributed by atoms with van der Waals surface area (Å²) >= 11 is 0. The molecule has 2 fully saturated rings. The lowest BCUT2D eigenvalue weighted by Gasteiger charge is -2.29. The Labute approximate surface area is 136 Å². The van der Waals surface area contributed by atoms with Gasteiger partial charge in [0.2, 0.25) is 5.91 Å². The molecule has 1 unspecified atom stereocenters. The molecule has 126 valence electrons. The molecule has 4 nitrogen and oxygen atoms in total. The first-order chi connectivity index (χ1) is 11.2. The van der Waals surface area contributed by atoms with E-state index in [9.17, 15) is 9.18 Å². The van der Waals surface area contributed by atoms with Gasteiger partial charge >= 0.3 is 0 Å². The highest BCUT2D eigenvalue weighted by Crippen LogP contribution is 2.21. The molecule has 3 rings (SSSR count). The summed E-state index contributed by atoms with van der Waals surface area (Å²) in [5.74, 6) is 0.366. The van der Waals surface area contributed by atoms with E-state index in [1.807, 2.05) is 17.0 Å². The molecular weight excluding hydrogens is 297 g/mol. The maximum atomic E-state index is 13.0. The third kappa shape index (κ3) is 4.52. The SMILES string of the molecule is O=C(C1CCOCC1)N1CCOCC(Cc2ccc(F)cc2)C1. The van der Waals surface area contributed by atoms with Gasteiger partial charge in [0.25, 0.3) is 0 Å². The van der Waals surface area contributed by atoms with Crippen LogP contribution < -0.4 is 0 Å². The van der Waals surface area contributed by atoms with Crippen LogP contribution in [0.5, 0.6) is 0 Å². The van der Waals surface area contributed by atoms with Gasteiger partial charge in [-0.05, 0) is 37.0 Å². The summed E-state index contributed by atoms with van der Waals surface area (Å²) in [5, 5.41) is 0. The minimum Gasteiger partial charge on any atom is -0.381 e. The average molecular weight is 321 g/mol. The second kappa shape index (κ2) is 7.88. The summed E-state index contributed by atoms with van der Waals surface area (Å²) in [6, 6.07) is 6.59. The molecule has 0 bridgehead atoms. The maximum Gasteiger partial charge on any atom is 0.225 e. The van der Waals surface area contributed by atoms with E-state index in [1.54, 1.807) is 0 Å². The average Bonchev–Trinajstić information content (AvgIpc) is 2.83. The first kappa shape index (κ1) is 16.4. The van der Waals surface area contributed by atoms with Crippen molar-refractivity contribution in [3.8, 4) is 0 Å². The minimum absolute atomic E-state index is 0.0910. The fourth-order valence-corrected chi connectivity index (χ4v) is 3.36. The lowest BCUT2D eigenvalue weighted by molar-refractivity contribution is -0.138. The van der Waals surface area contributed by atoms with Crippen LogP contribution >= 0.6 is 0 Å². The molecule has 0 radical (unpaired) electrons. The topological polar surface area (TPSA) is 38.8 Å². The van der Waals surface area contributed by atoms with E-state index in [2.05, 4.69) is 0 Å². The molecule has 2 aliphatic rings. The van der Waals surface area contributed by atoms with Gasteiger partial charge in [-0.2, -0.15) is 0 Å². The van der Waals surface area contributed by atoms with Crippen LogP contribution in [-0.4, -0.2) is 50.3 Å². The molecule has 0 aliphatic carbocycles. The van der Waals surface area contributed by atoms with E-state index in [0.29, 0.717) is 39.5 Å². The van der Waals surface area contributed by atoms with Crippen LogP contribution in [0.1, 0.15) is 18.4 Å². The van der Waals surface area contributed by atoms with Gasteiger partial charge in [-0.1, -0.05) is 12.1 Å². The van der Waals surface area contributed by atoms with Gasteiger partial charge in [0.1, 0.15) is 5.82 Å². The zero-order valence-corrected chi connectivity index (χ0v) is 13.4. The van der Waals surface area contributed by atoms with Gasteiger partial charge in [0.15, 0.2) is 0 Å². The van der Waals surface area contributed by atoms with Crippen LogP contribution in [0, 0.1) is 17.7 Å². The lowest BCUT2D eigenvalue weighted by Crippen LogP contribution is -2.41. The standard InChI is InChI=1S/C18H24FNO3/c19-17-3-1-14(2-4-17)11-15-12-20(7-10-23-13-15)18(21)16-5-8-22-9-6-16/h1-4,15-16H,5-13H2. The van der Waals surface area contributed by atoms with Crippen molar-refractivity contribution in [1.29, 1.82) is 0 Å². The third-order valence-corrected chi connectivity index (χ3v) is 4.66. The number of carbonyl (C=O) groups is 1. The number of benzene rings is 1. The number of hydrogen-bond acceptors (Lipinski definition) is 3. The Bertz CT molecular complexity index is 514. The molecule has 0 N–H and O–H groups in total. The smallest absolute Gasteiger partial charge is 0.225 e. The monoisotopic (exact) mass is 321 g/mol. The van der Waals surface area contributed by atoms with E-state index >= 15 is 0 Å². The Kier molecular flexibility index (Phi) is 5.62. The minimum atomic E-state index is -0.220. The summed E-state index contributed by atoms with van der Waals surface area (Å²) in [7, 11) is 0. The van der Waals surface area contributed by atoms with Crippen molar-refractivity contribution in [3.05, 3.63) is 35.6 Å². The molecule has 23 heavy (non-hydrogen) atoms. The van der Waals surface area contributed by atoms with E-state index in [0.717, 1.165) is 24.8 Å². The van der Waals surface area contributed by atoms with Crippen molar-refractivity contribution >= 4 is 5.91 Å². The quantitative estimate of drug-likeness (QED) is 0.857. The molecule has 2 heterocycles. The Morgan fingerprint density at radius 1 is 1.13 bits per heavy atom. The van der Waals surface area contributed by atoms with Crippen LogP contribution in [0.3, 0.4) is 0 Å². The van der Waals surface area contributed by atoms with Crippen LogP contribution in [0.4, 0.5) is 4.39 Å². The number of halogens is 1. The fourth-order valence-electron chi connectivity index (χ4n) is 3.36. The predicted octanol–water partition coefficient (Wildman–Crippen LogP) is 2.27. The Morgan fingerprint density at radius 3 is 2.61 bits per heavy atom. The van der Waals surface area contributed by atoms with Crippen LogP contribution in [0.2, 0.25) is 0 Å². The molecule has 5 heteroatoms. The summed E-state index contributed by atoms with van der Waals surface area (Å²) in [4.78, 5) is 14.7. The maximum absolute atomic E-state index is 13.0. The van der Waals surface area contributed by atoms with Gasteiger partial charge in [0, 0.05) is 38.1 Å². The zero-order valence-electron chi connectivity index (χ0n) is 13.4. The number of nitrogens with zero attached hydrogens (tertiary/aromatic N) is 1. The highest BCUT2D eigenvalue weighted by atomic mass is 19.1. The molecular formula is C18H24FNO3. The molecule has 0 saturated carbocycles. The Morgan fingerprint density at radius 2 is 1.87 bits per heavy atom. The van der Waals surface area contributed by atoms with Gasteiger partial charge in [0.05, 0.1) is 13.2 Å². The molecule has 1 aromatic rings. The molecule has 1 aromatic carbocycles. The first-order valence-corrected chi connectivity index (χ1v) is 8.41. The van der Waals surface area contributed by atoms with Crippen molar-refractivity contribution < 1.29 is 18.7 Å². The fraction of sp³-hybridized carbons (Fsp3) is 0.611. The molecule has 1 atom stereocenters. The van der Waals surface area contributed by atoms with Gasteiger partial charge < -0.3 is 14.4 Å². The second-order valence-corrected chi connectivity index (χ2v) is 6.44. The highest BCUT2D eigenvalue weighted by Gasteiger charge is 2.29. The summed E-state index contributed by atoms with van der Waals surface area (Å²) in [6.45, 7) is 3.98. The lowest BCUT2D eigenvalue weighted by atomic mass is 9.96. The molecule has 2 aliphatic heterocycles. The number of ether oxygens (including phenoxy) is 2. The van der Waals surface area contributed by atoms with Crippen LogP contribution in [0.25, 0.3) is 0 Å².